The number of nitrogens with one attached hydrogen (secondary N) is 1. The fourth-order valence-electron chi connectivity index (χ4n) is 2.00. The first-order chi connectivity index (χ1) is 7.68. The van der Waals surface area contributed by atoms with Gasteiger partial charge in [0.05, 0.1) is 0 Å². The molecule has 1 unspecified atom stereocenters. The monoisotopic (exact) mass is 241 g/mol. The summed E-state index contributed by atoms with van der Waals surface area (Å²) in [6.07, 6.45) is 2.14. The Labute approximate surface area is 98.8 Å². The fourth-order valence-corrected chi connectivity index (χ4v) is 2.24. The third-order valence-electron chi connectivity index (χ3n) is 2.91. The summed E-state index contributed by atoms with van der Waals surface area (Å²) in [5.41, 5.74) is 0.450. The second kappa shape index (κ2) is 4.83. The van der Waals surface area contributed by atoms with Gasteiger partial charge in [0.1, 0.15) is 5.82 Å². The highest BCUT2D eigenvalue weighted by Gasteiger charge is 2.24. The van der Waals surface area contributed by atoms with E-state index in [0.717, 1.165) is 19.4 Å². The normalized spacial score (nSPS) is 20.6. The summed E-state index contributed by atoms with van der Waals surface area (Å²) < 4.78 is 13.5. The van der Waals surface area contributed by atoms with E-state index in [0.29, 0.717) is 17.0 Å². The first kappa shape index (κ1) is 11.4. The Hall–Kier alpha value is -1.09. The number of amides is 1. The van der Waals surface area contributed by atoms with Crippen molar-refractivity contribution >= 4 is 17.5 Å². The fraction of sp³-hybridized carbons (Fsp3) is 0.417. The second-order valence-corrected chi connectivity index (χ2v) is 4.44. The van der Waals surface area contributed by atoms with Crippen LogP contribution in [0.3, 0.4) is 0 Å². The molecule has 16 heavy (non-hydrogen) atoms. The molecule has 86 valence electrons. The van der Waals surface area contributed by atoms with Crippen molar-refractivity contribution in [2.45, 2.75) is 19.3 Å². The molecule has 1 saturated heterocycles. The van der Waals surface area contributed by atoms with Crippen molar-refractivity contribution < 1.29 is 9.18 Å². The van der Waals surface area contributed by atoms with Crippen LogP contribution < -0.4 is 5.32 Å². The maximum atomic E-state index is 13.5. The van der Waals surface area contributed by atoms with Crippen molar-refractivity contribution in [1.82, 2.24) is 5.32 Å². The van der Waals surface area contributed by atoms with Crippen LogP contribution in [0, 0.1) is 11.7 Å². The van der Waals surface area contributed by atoms with Crippen LogP contribution in [0.1, 0.15) is 18.4 Å². The van der Waals surface area contributed by atoms with Gasteiger partial charge in [0.25, 0.3) is 0 Å². The van der Waals surface area contributed by atoms with Crippen LogP contribution in [0.4, 0.5) is 4.39 Å². The zero-order chi connectivity index (χ0) is 11.5. The van der Waals surface area contributed by atoms with E-state index in [2.05, 4.69) is 5.32 Å². The molecule has 1 aromatic carbocycles. The largest absolute Gasteiger partial charge is 0.356 e. The molecule has 1 aliphatic heterocycles. The highest BCUT2D eigenvalue weighted by Crippen LogP contribution is 2.25. The van der Waals surface area contributed by atoms with Gasteiger partial charge in [-0.3, -0.25) is 4.79 Å². The zero-order valence-electron chi connectivity index (χ0n) is 8.80. The van der Waals surface area contributed by atoms with E-state index < -0.39 is 0 Å². The topological polar surface area (TPSA) is 29.1 Å². The molecule has 1 amide bonds. The predicted octanol–water partition coefficient (Wildman–Crippen LogP) is 2.55. The van der Waals surface area contributed by atoms with Gasteiger partial charge in [-0.25, -0.2) is 4.39 Å². The van der Waals surface area contributed by atoms with Gasteiger partial charge >= 0.3 is 0 Å². The van der Waals surface area contributed by atoms with Crippen LogP contribution in [0.25, 0.3) is 0 Å². The summed E-state index contributed by atoms with van der Waals surface area (Å²) in [6.45, 7) is 0.723. The van der Waals surface area contributed by atoms with Gasteiger partial charge in [0, 0.05) is 23.0 Å². The number of rotatable bonds is 2. The average Bonchev–Trinajstić information content (AvgIpc) is 2.26. The molecule has 1 atom stereocenters. The Bertz CT molecular complexity index is 388. The van der Waals surface area contributed by atoms with E-state index in [1.54, 1.807) is 12.1 Å². The first-order valence-electron chi connectivity index (χ1n) is 5.39. The van der Waals surface area contributed by atoms with Crippen molar-refractivity contribution in [2.75, 3.05) is 6.54 Å². The SMILES string of the molecule is O=C1NCCCC1Cc1c(F)cccc1Cl. The average molecular weight is 242 g/mol. The van der Waals surface area contributed by atoms with Gasteiger partial charge in [-0.05, 0) is 31.4 Å². The number of halogens is 2. The minimum Gasteiger partial charge on any atom is -0.356 e. The molecule has 0 aromatic heterocycles. The number of carbonyl (C=O) groups excluding carboxylic acids is 1. The van der Waals surface area contributed by atoms with Gasteiger partial charge in [-0.2, -0.15) is 0 Å². The van der Waals surface area contributed by atoms with Crippen molar-refractivity contribution in [3.8, 4) is 0 Å². The molecule has 0 radical (unpaired) electrons. The molecule has 1 fully saturated rings. The van der Waals surface area contributed by atoms with E-state index >= 15 is 0 Å². The van der Waals surface area contributed by atoms with Crippen LogP contribution in [-0.2, 0) is 11.2 Å². The van der Waals surface area contributed by atoms with Gasteiger partial charge in [0.2, 0.25) is 5.91 Å². The molecule has 2 rings (SSSR count). The summed E-state index contributed by atoms with van der Waals surface area (Å²) >= 11 is 5.92. The lowest BCUT2D eigenvalue weighted by molar-refractivity contribution is -0.126. The predicted molar refractivity (Wildman–Crippen MR) is 60.8 cm³/mol. The van der Waals surface area contributed by atoms with Crippen molar-refractivity contribution in [1.29, 1.82) is 0 Å². The summed E-state index contributed by atoms with van der Waals surface area (Å²) in [7, 11) is 0. The standard InChI is InChI=1S/C12H13ClFNO/c13-10-4-1-5-11(14)9(10)7-8-3-2-6-15-12(8)16/h1,4-5,8H,2-3,6-7H2,(H,15,16). The second-order valence-electron chi connectivity index (χ2n) is 4.03. The van der Waals surface area contributed by atoms with Crippen molar-refractivity contribution in [3.63, 3.8) is 0 Å². The van der Waals surface area contributed by atoms with E-state index in [9.17, 15) is 9.18 Å². The van der Waals surface area contributed by atoms with Crippen molar-refractivity contribution in [3.05, 3.63) is 34.6 Å². The molecule has 4 heteroatoms. The van der Waals surface area contributed by atoms with Crippen LogP contribution in [0.5, 0.6) is 0 Å². The smallest absolute Gasteiger partial charge is 0.223 e. The highest BCUT2D eigenvalue weighted by molar-refractivity contribution is 6.31. The molecule has 0 bridgehead atoms. The lowest BCUT2D eigenvalue weighted by Crippen LogP contribution is -2.37. The molecule has 0 saturated carbocycles. The van der Waals surface area contributed by atoms with Gasteiger partial charge < -0.3 is 5.32 Å². The quantitative estimate of drug-likeness (QED) is 0.847. The summed E-state index contributed by atoms with van der Waals surface area (Å²) in [6, 6.07) is 4.60. The molecule has 0 aliphatic carbocycles. The van der Waals surface area contributed by atoms with E-state index in [-0.39, 0.29) is 17.6 Å². The first-order valence-corrected chi connectivity index (χ1v) is 5.77. The minimum absolute atomic E-state index is 0.00516. The molecule has 0 spiro atoms. The molecule has 1 N–H and O–H groups in total. The summed E-state index contributed by atoms with van der Waals surface area (Å²) in [4.78, 5) is 11.5. The van der Waals surface area contributed by atoms with Crippen LogP contribution in [0.15, 0.2) is 18.2 Å². The molecular weight excluding hydrogens is 229 g/mol. The maximum Gasteiger partial charge on any atom is 0.223 e. The molecule has 1 heterocycles. The molecule has 1 aromatic rings. The lowest BCUT2D eigenvalue weighted by atomic mass is 9.91. The van der Waals surface area contributed by atoms with E-state index in [4.69, 9.17) is 11.6 Å². The number of hydrogen-bond donors (Lipinski definition) is 1. The van der Waals surface area contributed by atoms with Crippen molar-refractivity contribution in [2.24, 2.45) is 5.92 Å². The van der Waals surface area contributed by atoms with Gasteiger partial charge in [0.15, 0.2) is 0 Å². The van der Waals surface area contributed by atoms with E-state index in [1.165, 1.54) is 6.07 Å². The number of carbonyl (C=O) groups is 1. The van der Waals surface area contributed by atoms with Crippen LogP contribution in [0.2, 0.25) is 5.02 Å². The molecular formula is C12H13ClFNO. The maximum absolute atomic E-state index is 13.5. The third kappa shape index (κ3) is 2.35. The molecule has 2 nitrogen and oxygen atoms in total. The summed E-state index contributed by atoms with van der Waals surface area (Å²) in [5, 5.41) is 3.19. The molecule has 1 aliphatic rings. The van der Waals surface area contributed by atoms with Crippen LogP contribution >= 0.6 is 11.6 Å². The number of piperidine rings is 1. The summed E-state index contributed by atoms with van der Waals surface area (Å²) in [5.74, 6) is -0.473. The zero-order valence-corrected chi connectivity index (χ0v) is 9.56. The number of hydrogen-bond acceptors (Lipinski definition) is 1. The lowest BCUT2D eigenvalue weighted by Gasteiger charge is -2.22. The Balaban J connectivity index is 2.16. The number of benzene rings is 1. The van der Waals surface area contributed by atoms with Gasteiger partial charge in [-0.1, -0.05) is 17.7 Å². The Morgan fingerprint density at radius 2 is 2.31 bits per heavy atom. The van der Waals surface area contributed by atoms with Crippen LogP contribution in [-0.4, -0.2) is 12.5 Å². The highest BCUT2D eigenvalue weighted by atomic mass is 35.5. The Morgan fingerprint density at radius 1 is 1.50 bits per heavy atom. The Kier molecular flexibility index (Phi) is 3.44. The third-order valence-corrected chi connectivity index (χ3v) is 3.27. The Morgan fingerprint density at radius 3 is 3.00 bits per heavy atom. The van der Waals surface area contributed by atoms with E-state index in [1.807, 2.05) is 0 Å². The van der Waals surface area contributed by atoms with Gasteiger partial charge in [-0.15, -0.1) is 0 Å². The minimum atomic E-state index is -0.328.